The van der Waals surface area contributed by atoms with Gasteiger partial charge in [0.1, 0.15) is 5.60 Å². The molecule has 0 aliphatic heterocycles. The molecular formula is C9H12LiNO3. The van der Waals surface area contributed by atoms with Crippen molar-refractivity contribution in [1.82, 2.24) is 4.98 Å². The molecule has 2 N–H and O–H groups in total. The van der Waals surface area contributed by atoms with Crippen LogP contribution in [0.5, 0.6) is 0 Å². The van der Waals surface area contributed by atoms with Crippen LogP contribution in [0.25, 0.3) is 0 Å². The molecule has 1 heterocycles. The van der Waals surface area contributed by atoms with Gasteiger partial charge in [-0.25, -0.2) is 4.79 Å². The van der Waals surface area contributed by atoms with Crippen LogP contribution in [0.2, 0.25) is 0 Å². The maximum Gasteiger partial charge on any atom is 1.00 e. The fourth-order valence-electron chi connectivity index (χ4n) is 0.882. The number of aromatic carboxylic acids is 1. The molecule has 0 atom stereocenters. The molecule has 0 saturated carbocycles. The van der Waals surface area contributed by atoms with Crippen LogP contribution in [-0.4, -0.2) is 21.2 Å². The normalized spacial score (nSPS) is 10.5. The van der Waals surface area contributed by atoms with E-state index in [2.05, 4.69) is 4.98 Å². The summed E-state index contributed by atoms with van der Waals surface area (Å²) in [5, 5.41) is 18.1. The fourth-order valence-corrected chi connectivity index (χ4v) is 0.882. The standard InChI is InChI=1S/C9H11NO3.Li.H/c1-9(2,13)7-4-3-6(5-10-7)8(11)12;;/h3-5,13H,1-2H3,(H,11,12);;/q;+1;-1. The molecule has 14 heavy (non-hydrogen) atoms. The zero-order valence-electron chi connectivity index (χ0n) is 9.48. The monoisotopic (exact) mass is 189 g/mol. The molecule has 0 amide bonds. The van der Waals surface area contributed by atoms with Crippen molar-refractivity contribution in [2.75, 3.05) is 0 Å². The van der Waals surface area contributed by atoms with E-state index in [0.717, 1.165) is 0 Å². The number of nitrogens with zero attached hydrogens (tertiary/aromatic N) is 1. The summed E-state index contributed by atoms with van der Waals surface area (Å²) in [7, 11) is 0. The largest absolute Gasteiger partial charge is 1.00 e. The molecule has 0 bridgehead atoms. The first-order chi connectivity index (χ1) is 5.91. The smallest absolute Gasteiger partial charge is 1.00 e. The van der Waals surface area contributed by atoms with Gasteiger partial charge in [-0.05, 0) is 26.0 Å². The van der Waals surface area contributed by atoms with Gasteiger partial charge in [0.15, 0.2) is 0 Å². The fraction of sp³-hybridized carbons (Fsp3) is 0.333. The van der Waals surface area contributed by atoms with Crippen LogP contribution in [0.3, 0.4) is 0 Å². The Kier molecular flexibility index (Phi) is 4.33. The minimum absolute atomic E-state index is 0. The number of hydrogen-bond donors (Lipinski definition) is 2. The Hall–Kier alpha value is -0.823. The predicted octanol–water partition coefficient (Wildman–Crippen LogP) is -1.88. The molecule has 1 aromatic rings. The van der Waals surface area contributed by atoms with E-state index in [1.54, 1.807) is 13.8 Å². The van der Waals surface area contributed by atoms with E-state index < -0.39 is 11.6 Å². The number of aliphatic hydroxyl groups is 1. The Morgan fingerprint density at radius 1 is 1.50 bits per heavy atom. The topological polar surface area (TPSA) is 70.4 Å². The molecule has 0 aromatic carbocycles. The van der Waals surface area contributed by atoms with Gasteiger partial charge in [0.05, 0.1) is 11.3 Å². The van der Waals surface area contributed by atoms with Crippen LogP contribution >= 0.6 is 0 Å². The van der Waals surface area contributed by atoms with Crippen LogP contribution in [0.4, 0.5) is 0 Å². The Labute approximate surface area is 95.6 Å². The number of carboxylic acids is 1. The van der Waals surface area contributed by atoms with Gasteiger partial charge in [-0.15, -0.1) is 0 Å². The van der Waals surface area contributed by atoms with Crippen molar-refractivity contribution >= 4 is 5.97 Å². The zero-order valence-corrected chi connectivity index (χ0v) is 8.48. The third kappa shape index (κ3) is 3.15. The van der Waals surface area contributed by atoms with Crippen LogP contribution in [0.1, 0.15) is 31.3 Å². The summed E-state index contributed by atoms with van der Waals surface area (Å²) < 4.78 is 0. The van der Waals surface area contributed by atoms with Crippen molar-refractivity contribution in [2.45, 2.75) is 19.4 Å². The molecule has 1 rings (SSSR count). The molecule has 4 nitrogen and oxygen atoms in total. The van der Waals surface area contributed by atoms with Crippen molar-refractivity contribution < 1.29 is 35.3 Å². The molecule has 1 aromatic heterocycles. The molecule has 5 heteroatoms. The quantitative estimate of drug-likeness (QED) is 0.534. The van der Waals surface area contributed by atoms with E-state index >= 15 is 0 Å². The third-order valence-corrected chi connectivity index (χ3v) is 1.64. The number of carbonyl (C=O) groups is 1. The van der Waals surface area contributed by atoms with Crippen molar-refractivity contribution in [2.24, 2.45) is 0 Å². The maximum absolute atomic E-state index is 10.5. The number of pyridine rings is 1. The first-order valence-electron chi connectivity index (χ1n) is 3.83. The summed E-state index contributed by atoms with van der Waals surface area (Å²) in [6.45, 7) is 3.19. The molecular weight excluding hydrogens is 177 g/mol. The SMILES string of the molecule is CC(C)(O)c1ccc(C(=O)O)cn1.[H-].[Li+]. The van der Waals surface area contributed by atoms with Crippen LogP contribution in [0.15, 0.2) is 18.3 Å². The average molecular weight is 189 g/mol. The van der Waals surface area contributed by atoms with E-state index in [-0.39, 0.29) is 25.9 Å². The predicted molar refractivity (Wildman–Crippen MR) is 47.6 cm³/mol. The van der Waals surface area contributed by atoms with Gasteiger partial charge in [0.2, 0.25) is 0 Å². The summed E-state index contributed by atoms with van der Waals surface area (Å²) in [4.78, 5) is 14.3. The minimum Gasteiger partial charge on any atom is -1.00 e. The van der Waals surface area contributed by atoms with Crippen molar-refractivity contribution in [3.63, 3.8) is 0 Å². The second-order valence-electron chi connectivity index (χ2n) is 3.30. The summed E-state index contributed by atoms with van der Waals surface area (Å²) in [6.07, 6.45) is 1.23. The van der Waals surface area contributed by atoms with Gasteiger partial charge < -0.3 is 11.6 Å². The first-order valence-corrected chi connectivity index (χ1v) is 3.83. The van der Waals surface area contributed by atoms with Gasteiger partial charge in [-0.3, -0.25) is 4.98 Å². The minimum atomic E-state index is -1.03. The second kappa shape index (κ2) is 4.60. The first kappa shape index (κ1) is 13.2. The summed E-state index contributed by atoms with van der Waals surface area (Å²) in [5.41, 5.74) is -0.456. The molecule has 0 radical (unpaired) electrons. The number of hydrogen-bond acceptors (Lipinski definition) is 3. The van der Waals surface area contributed by atoms with Crippen LogP contribution in [-0.2, 0) is 5.60 Å². The molecule has 72 valence electrons. The third-order valence-electron chi connectivity index (χ3n) is 1.64. The molecule has 0 aliphatic rings. The van der Waals surface area contributed by atoms with Crippen molar-refractivity contribution in [3.05, 3.63) is 29.6 Å². The maximum atomic E-state index is 10.5. The van der Waals surface area contributed by atoms with E-state index in [4.69, 9.17) is 5.11 Å². The Bertz CT molecular complexity index is 321. The average Bonchev–Trinajstić information content (AvgIpc) is 2.03. The molecule has 0 saturated heterocycles. The molecule has 0 unspecified atom stereocenters. The Morgan fingerprint density at radius 3 is 2.36 bits per heavy atom. The zero-order chi connectivity index (χ0) is 10.1. The molecule has 0 spiro atoms. The van der Waals surface area contributed by atoms with Gasteiger partial charge in [-0.1, -0.05) is 0 Å². The molecule has 0 aliphatic carbocycles. The summed E-state index contributed by atoms with van der Waals surface area (Å²) in [6, 6.07) is 2.92. The second-order valence-corrected chi connectivity index (χ2v) is 3.30. The summed E-state index contributed by atoms with van der Waals surface area (Å²) >= 11 is 0. The number of rotatable bonds is 2. The van der Waals surface area contributed by atoms with Crippen molar-refractivity contribution in [3.8, 4) is 0 Å². The van der Waals surface area contributed by atoms with Crippen LogP contribution < -0.4 is 18.9 Å². The van der Waals surface area contributed by atoms with Gasteiger partial charge >= 0.3 is 24.8 Å². The van der Waals surface area contributed by atoms with E-state index in [1.807, 2.05) is 0 Å². The van der Waals surface area contributed by atoms with Gasteiger partial charge in [-0.2, -0.15) is 0 Å². The van der Waals surface area contributed by atoms with E-state index in [1.165, 1.54) is 18.3 Å². The number of carboxylic acid groups (broad SMARTS) is 1. The Morgan fingerprint density at radius 2 is 2.07 bits per heavy atom. The van der Waals surface area contributed by atoms with Gasteiger partial charge in [0, 0.05) is 6.20 Å². The van der Waals surface area contributed by atoms with Gasteiger partial charge in [0.25, 0.3) is 0 Å². The van der Waals surface area contributed by atoms with Crippen molar-refractivity contribution in [1.29, 1.82) is 0 Å². The Balaban J connectivity index is 0. The summed E-state index contributed by atoms with van der Waals surface area (Å²) in [5.74, 6) is -1.02. The number of aromatic nitrogens is 1. The molecule has 0 fully saturated rings. The van der Waals surface area contributed by atoms with E-state index in [9.17, 15) is 9.90 Å². The van der Waals surface area contributed by atoms with E-state index in [0.29, 0.717) is 5.69 Å². The van der Waals surface area contributed by atoms with Crippen LogP contribution in [0, 0.1) is 0 Å².